The Morgan fingerprint density at radius 1 is 0.704 bits per heavy atom. The molecule has 282 valence electrons. The third-order valence-corrected chi connectivity index (χ3v) is 11.1. The van der Waals surface area contributed by atoms with E-state index in [1.807, 2.05) is 51.1 Å². The molecule has 12 heteroatoms. The summed E-state index contributed by atoms with van der Waals surface area (Å²) in [5.41, 5.74) is 11.5. The van der Waals surface area contributed by atoms with Gasteiger partial charge in [0.15, 0.2) is 0 Å². The van der Waals surface area contributed by atoms with Crippen LogP contribution in [-0.2, 0) is 56.4 Å². The molecule has 8 bridgehead atoms. The lowest BCUT2D eigenvalue weighted by molar-refractivity contribution is -0.141. The molecule has 0 spiro atoms. The van der Waals surface area contributed by atoms with Gasteiger partial charge >= 0.3 is 23.9 Å². The largest absolute Gasteiger partial charge is 0.469 e. The number of nitrogens with zero attached hydrogens (tertiary/aromatic N) is 2. The Morgan fingerprint density at radius 2 is 1.28 bits per heavy atom. The molecular formula is C42H46N4O8. The van der Waals surface area contributed by atoms with Crippen LogP contribution in [-0.4, -0.2) is 72.3 Å². The predicted octanol–water partition coefficient (Wildman–Crippen LogP) is 6.87. The van der Waals surface area contributed by atoms with Crippen LogP contribution in [0.2, 0.25) is 0 Å². The molecule has 3 aliphatic rings. The number of ether oxygens (including phenoxy) is 4. The number of nitrogens with one attached hydrogen (secondary N) is 2. The first-order valence-corrected chi connectivity index (χ1v) is 18.0. The lowest BCUT2D eigenvalue weighted by Gasteiger charge is -2.32. The van der Waals surface area contributed by atoms with Crippen LogP contribution < -0.4 is 0 Å². The lowest BCUT2D eigenvalue weighted by atomic mass is 9.68. The number of H-pyrrole nitrogens is 2. The summed E-state index contributed by atoms with van der Waals surface area (Å²) in [6.45, 7) is 10.0. The number of esters is 4. The van der Waals surface area contributed by atoms with E-state index in [1.54, 1.807) is 0 Å². The highest BCUT2D eigenvalue weighted by atomic mass is 16.5. The number of carbonyl (C=O) groups excluding carboxylic acids is 4. The van der Waals surface area contributed by atoms with Gasteiger partial charge in [-0.25, -0.2) is 14.6 Å². The highest BCUT2D eigenvalue weighted by molar-refractivity contribution is 6.07. The van der Waals surface area contributed by atoms with Crippen molar-refractivity contribution in [2.45, 2.75) is 78.6 Å². The first-order chi connectivity index (χ1) is 25.8. The molecule has 3 aromatic rings. The Morgan fingerprint density at radius 3 is 1.89 bits per heavy atom. The van der Waals surface area contributed by atoms with Gasteiger partial charge in [0.2, 0.25) is 0 Å². The normalized spacial score (nSPS) is 16.5. The van der Waals surface area contributed by atoms with Gasteiger partial charge in [0.25, 0.3) is 0 Å². The van der Waals surface area contributed by atoms with Crippen LogP contribution in [0.15, 0.2) is 41.5 Å². The summed E-state index contributed by atoms with van der Waals surface area (Å²) in [5, 5.41) is 0. The molecule has 0 saturated carbocycles. The minimum Gasteiger partial charge on any atom is -0.469 e. The number of methoxy groups -OCH3 is 4. The number of aromatic amines is 2. The SMILES string of the molecule is CCc1c(C)c2cc3nc(cc4[nH]c(cc5nc(cc1[nH]2)C1(C)C5=CCC(C(=O)OC)=C1C(=O)OC)c(C)c4CCC(=O)OC)C(CCC(=O)OC)=C3C. The average Bonchev–Trinajstić information content (AvgIpc) is 3.82. The molecule has 1 aliphatic carbocycles. The number of allylic oxidation sites excluding steroid dienone is 4. The molecular weight excluding hydrogens is 688 g/mol. The molecule has 0 amide bonds. The van der Waals surface area contributed by atoms with E-state index in [0.29, 0.717) is 36.3 Å². The number of rotatable bonds is 9. The van der Waals surface area contributed by atoms with Crippen molar-refractivity contribution in [2.24, 2.45) is 0 Å². The molecule has 6 rings (SSSR count). The monoisotopic (exact) mass is 734 g/mol. The third kappa shape index (κ3) is 6.43. The maximum Gasteiger partial charge on any atom is 0.335 e. The van der Waals surface area contributed by atoms with E-state index in [4.69, 9.17) is 28.9 Å². The molecule has 5 heterocycles. The summed E-state index contributed by atoms with van der Waals surface area (Å²) in [6.07, 6.45) is 3.95. The van der Waals surface area contributed by atoms with Gasteiger partial charge in [-0.1, -0.05) is 13.0 Å². The first-order valence-electron chi connectivity index (χ1n) is 18.0. The summed E-state index contributed by atoms with van der Waals surface area (Å²) in [6, 6.07) is 7.88. The van der Waals surface area contributed by atoms with Crippen LogP contribution in [0.4, 0.5) is 0 Å². The van der Waals surface area contributed by atoms with E-state index >= 15 is 0 Å². The Labute approximate surface area is 313 Å². The van der Waals surface area contributed by atoms with E-state index in [0.717, 1.165) is 66.7 Å². The predicted molar refractivity (Wildman–Crippen MR) is 205 cm³/mol. The zero-order chi connectivity index (χ0) is 39.1. The van der Waals surface area contributed by atoms with Crippen LogP contribution in [0.25, 0.3) is 38.8 Å². The van der Waals surface area contributed by atoms with Crippen molar-refractivity contribution < 1.29 is 38.1 Å². The molecule has 12 nitrogen and oxygen atoms in total. The highest BCUT2D eigenvalue weighted by Crippen LogP contribution is 2.51. The first kappa shape index (κ1) is 38.0. The van der Waals surface area contributed by atoms with Crippen LogP contribution in [0, 0.1) is 13.8 Å². The topological polar surface area (TPSA) is 163 Å². The van der Waals surface area contributed by atoms with E-state index in [1.165, 1.54) is 28.4 Å². The van der Waals surface area contributed by atoms with E-state index in [9.17, 15) is 19.2 Å². The maximum atomic E-state index is 13.7. The Hall–Kier alpha value is -5.78. The molecule has 1 unspecified atom stereocenters. The number of carbonyl (C=O) groups is 4. The van der Waals surface area contributed by atoms with E-state index in [-0.39, 0.29) is 42.3 Å². The van der Waals surface area contributed by atoms with Crippen LogP contribution in [0.3, 0.4) is 0 Å². The fraction of sp³-hybridized carbons (Fsp3) is 0.381. The quantitative estimate of drug-likeness (QED) is 0.175. The molecule has 2 aliphatic heterocycles. The average molecular weight is 735 g/mol. The number of fused-ring (bicyclic) bond motifs is 11. The Balaban J connectivity index is 1.76. The minimum absolute atomic E-state index is 0.148. The molecule has 0 radical (unpaired) electrons. The van der Waals surface area contributed by atoms with Crippen LogP contribution >= 0.6 is 0 Å². The second-order valence-corrected chi connectivity index (χ2v) is 13.8. The second-order valence-electron chi connectivity index (χ2n) is 13.8. The number of aryl methyl sites for hydroxylation is 4. The zero-order valence-corrected chi connectivity index (χ0v) is 32.3. The molecule has 0 aromatic carbocycles. The van der Waals surface area contributed by atoms with Crippen molar-refractivity contribution in [3.63, 3.8) is 0 Å². The summed E-state index contributed by atoms with van der Waals surface area (Å²) < 4.78 is 20.4. The molecule has 54 heavy (non-hydrogen) atoms. The highest BCUT2D eigenvalue weighted by Gasteiger charge is 2.49. The molecule has 2 N–H and O–H groups in total. The summed E-state index contributed by atoms with van der Waals surface area (Å²) in [7, 11) is 5.34. The fourth-order valence-electron chi connectivity index (χ4n) is 7.98. The summed E-state index contributed by atoms with van der Waals surface area (Å²) in [4.78, 5) is 69.1. The third-order valence-electron chi connectivity index (χ3n) is 11.1. The van der Waals surface area contributed by atoms with Crippen molar-refractivity contribution in [1.82, 2.24) is 19.9 Å². The van der Waals surface area contributed by atoms with Gasteiger partial charge in [-0.2, -0.15) is 0 Å². The van der Waals surface area contributed by atoms with Crippen molar-refractivity contribution >= 4 is 62.7 Å². The number of hydrogen-bond acceptors (Lipinski definition) is 10. The van der Waals surface area contributed by atoms with E-state index < -0.39 is 17.4 Å². The molecule has 0 fully saturated rings. The Bertz CT molecular complexity index is 2370. The number of aromatic nitrogens is 4. The minimum atomic E-state index is -1.17. The molecule has 1 atom stereocenters. The van der Waals surface area contributed by atoms with Gasteiger partial charge in [0.05, 0.1) is 67.8 Å². The lowest BCUT2D eigenvalue weighted by Crippen LogP contribution is -2.34. The number of hydrogen-bond donors (Lipinski definition) is 2. The van der Waals surface area contributed by atoms with Gasteiger partial charge in [-0.05, 0) is 117 Å². The van der Waals surface area contributed by atoms with Crippen molar-refractivity contribution in [3.05, 3.63) is 86.5 Å². The van der Waals surface area contributed by atoms with Gasteiger partial charge in [0, 0.05) is 34.9 Å². The smallest absolute Gasteiger partial charge is 0.335 e. The van der Waals surface area contributed by atoms with Gasteiger partial charge < -0.3 is 28.9 Å². The summed E-state index contributed by atoms with van der Waals surface area (Å²) in [5.74, 6) is -1.90. The van der Waals surface area contributed by atoms with Crippen molar-refractivity contribution in [1.29, 1.82) is 0 Å². The standard InChI is InChI=1S/C42H46N4O8/c1-10-24-21(2)29-17-30-22(3)25(12-15-37(47)51-6)32(43-30)19-33-26(13-16-38(48)52-7)23(4)31(44-33)18-35-28-14-11-27(40(49)53-8)39(41(50)54-9)42(28,5)36(46-35)20-34(24)45-29/h14,17-20,44-45H,10-13,15-16H2,1-9H3. The maximum absolute atomic E-state index is 13.7. The second kappa shape index (κ2) is 14.9. The summed E-state index contributed by atoms with van der Waals surface area (Å²) >= 11 is 0. The van der Waals surface area contributed by atoms with Crippen LogP contribution in [0.5, 0.6) is 0 Å². The van der Waals surface area contributed by atoms with Gasteiger partial charge in [-0.3, -0.25) is 14.6 Å². The molecule has 0 saturated heterocycles. The van der Waals surface area contributed by atoms with Crippen molar-refractivity contribution in [2.75, 3.05) is 28.4 Å². The van der Waals surface area contributed by atoms with Gasteiger partial charge in [-0.15, -0.1) is 0 Å². The van der Waals surface area contributed by atoms with Crippen molar-refractivity contribution in [3.8, 4) is 0 Å². The molecule has 3 aromatic heterocycles. The Kier molecular flexibility index (Phi) is 10.5. The van der Waals surface area contributed by atoms with E-state index in [2.05, 4.69) is 23.8 Å². The van der Waals surface area contributed by atoms with Crippen LogP contribution in [0.1, 0.15) is 91.5 Å². The zero-order valence-electron chi connectivity index (χ0n) is 32.3. The van der Waals surface area contributed by atoms with Gasteiger partial charge in [0.1, 0.15) is 0 Å². The fourth-order valence-corrected chi connectivity index (χ4v) is 7.98.